The Balaban J connectivity index is 1.50. The van der Waals surface area contributed by atoms with Crippen LogP contribution in [0.15, 0.2) is 85.7 Å². The molecule has 1 N–H and O–H groups in total. The van der Waals surface area contributed by atoms with E-state index >= 15 is 0 Å². The van der Waals surface area contributed by atoms with Crippen LogP contribution in [0.5, 0.6) is 0 Å². The van der Waals surface area contributed by atoms with E-state index < -0.39 is 11.9 Å². The Bertz CT molecular complexity index is 1240. The third kappa shape index (κ3) is 5.43. The van der Waals surface area contributed by atoms with E-state index in [9.17, 15) is 9.59 Å². The summed E-state index contributed by atoms with van der Waals surface area (Å²) in [5.41, 5.74) is 2.97. The van der Waals surface area contributed by atoms with Crippen LogP contribution in [0.25, 0.3) is 11.4 Å². The van der Waals surface area contributed by atoms with Gasteiger partial charge in [-0.15, -0.1) is 0 Å². The van der Waals surface area contributed by atoms with Crippen molar-refractivity contribution in [3.8, 4) is 11.4 Å². The molecule has 2 heterocycles. The van der Waals surface area contributed by atoms with Crippen molar-refractivity contribution in [3.63, 3.8) is 0 Å². The van der Waals surface area contributed by atoms with Crippen molar-refractivity contribution in [2.75, 3.05) is 0 Å². The van der Waals surface area contributed by atoms with E-state index in [0.717, 1.165) is 5.56 Å². The van der Waals surface area contributed by atoms with Gasteiger partial charge in [-0.05, 0) is 11.0 Å². The molecule has 0 aliphatic carbocycles. The van der Waals surface area contributed by atoms with Crippen LogP contribution in [0.4, 0.5) is 0 Å². The molecule has 2 aromatic heterocycles. The Kier molecular flexibility index (Phi) is 6.63. The summed E-state index contributed by atoms with van der Waals surface area (Å²) >= 11 is 0. The molecule has 0 saturated heterocycles. The summed E-state index contributed by atoms with van der Waals surface area (Å²) in [6.07, 6.45) is 7.96. The van der Waals surface area contributed by atoms with Crippen LogP contribution in [0.1, 0.15) is 47.1 Å². The van der Waals surface area contributed by atoms with Crippen LogP contribution >= 0.6 is 0 Å². The zero-order chi connectivity index (χ0) is 24.1. The minimum absolute atomic E-state index is 0.0613. The fourth-order valence-electron chi connectivity index (χ4n) is 3.56. The Morgan fingerprint density at radius 1 is 0.941 bits per heavy atom. The van der Waals surface area contributed by atoms with Gasteiger partial charge in [0, 0.05) is 35.9 Å². The number of carbonyl (C=O) groups excluding carboxylic acids is 2. The summed E-state index contributed by atoms with van der Waals surface area (Å²) in [5, 5.41) is 2.84. The van der Waals surface area contributed by atoms with Gasteiger partial charge < -0.3 is 9.88 Å². The number of nitrogens with one attached hydrogen (secondary N) is 1. The number of aromatic nitrogens is 4. The van der Waals surface area contributed by atoms with E-state index in [1.807, 2.05) is 18.2 Å². The third-order valence-corrected chi connectivity index (χ3v) is 5.56. The van der Waals surface area contributed by atoms with E-state index in [-0.39, 0.29) is 23.3 Å². The number of ketones is 1. The van der Waals surface area contributed by atoms with Gasteiger partial charge in [0.15, 0.2) is 11.6 Å². The van der Waals surface area contributed by atoms with Gasteiger partial charge in [0.05, 0.1) is 18.4 Å². The van der Waals surface area contributed by atoms with Gasteiger partial charge in [0.1, 0.15) is 6.04 Å². The maximum absolute atomic E-state index is 13.1. The van der Waals surface area contributed by atoms with Gasteiger partial charge in [-0.2, -0.15) is 0 Å². The maximum Gasteiger partial charge on any atom is 0.255 e. The van der Waals surface area contributed by atoms with Gasteiger partial charge in [-0.3, -0.25) is 9.59 Å². The Morgan fingerprint density at radius 3 is 2.21 bits per heavy atom. The van der Waals surface area contributed by atoms with E-state index in [0.29, 0.717) is 11.4 Å². The molecule has 7 heteroatoms. The van der Waals surface area contributed by atoms with Gasteiger partial charge in [-0.1, -0.05) is 75.4 Å². The fourth-order valence-corrected chi connectivity index (χ4v) is 3.56. The van der Waals surface area contributed by atoms with E-state index in [4.69, 9.17) is 0 Å². The minimum atomic E-state index is -0.770. The molecule has 1 unspecified atom stereocenters. The molecule has 4 aromatic rings. The molecule has 2 aromatic carbocycles. The van der Waals surface area contributed by atoms with Gasteiger partial charge in [0.2, 0.25) is 0 Å². The maximum atomic E-state index is 13.1. The molecule has 1 atom stereocenters. The molecule has 0 fully saturated rings. The highest BCUT2D eigenvalue weighted by Gasteiger charge is 2.23. The van der Waals surface area contributed by atoms with Crippen LogP contribution in [-0.2, 0) is 12.0 Å². The van der Waals surface area contributed by atoms with Crippen LogP contribution in [-0.4, -0.2) is 37.3 Å². The standard InChI is InChI=1S/C27H27N5O2/c1-27(2,3)22-11-9-20(10-12-22)25-29-15-21(16-30-25)26(34)31-23(17-32-14-13-28-18-32)24(33)19-7-5-4-6-8-19/h4-16,18,23H,17H2,1-3H3,(H,31,34). The number of benzene rings is 2. The zero-order valence-electron chi connectivity index (χ0n) is 19.5. The second kappa shape index (κ2) is 9.79. The third-order valence-electron chi connectivity index (χ3n) is 5.56. The second-order valence-corrected chi connectivity index (χ2v) is 9.14. The summed E-state index contributed by atoms with van der Waals surface area (Å²) in [4.78, 5) is 38.8. The lowest BCUT2D eigenvalue weighted by atomic mass is 9.87. The average Bonchev–Trinajstić information content (AvgIpc) is 3.36. The van der Waals surface area contributed by atoms with Crippen molar-refractivity contribution < 1.29 is 9.59 Å². The topological polar surface area (TPSA) is 89.8 Å². The second-order valence-electron chi connectivity index (χ2n) is 9.14. The smallest absolute Gasteiger partial charge is 0.255 e. The van der Waals surface area contributed by atoms with Crippen molar-refractivity contribution in [2.24, 2.45) is 0 Å². The quantitative estimate of drug-likeness (QED) is 0.421. The van der Waals surface area contributed by atoms with Crippen molar-refractivity contribution in [1.29, 1.82) is 0 Å². The Labute approximate surface area is 198 Å². The van der Waals surface area contributed by atoms with Gasteiger partial charge in [0.25, 0.3) is 5.91 Å². The highest BCUT2D eigenvalue weighted by molar-refractivity contribution is 6.04. The van der Waals surface area contributed by atoms with Crippen LogP contribution < -0.4 is 5.32 Å². The Hall–Kier alpha value is -4.13. The van der Waals surface area contributed by atoms with Crippen LogP contribution in [0, 0.1) is 0 Å². The molecule has 0 aliphatic heterocycles. The first-order valence-corrected chi connectivity index (χ1v) is 11.1. The minimum Gasteiger partial charge on any atom is -0.340 e. The van der Waals surface area contributed by atoms with Crippen molar-refractivity contribution in [3.05, 3.63) is 102 Å². The monoisotopic (exact) mass is 453 g/mol. The van der Waals surface area contributed by atoms with E-state index in [1.54, 1.807) is 47.6 Å². The average molecular weight is 454 g/mol. The molecule has 1 amide bonds. The number of rotatable bonds is 7. The van der Waals surface area contributed by atoms with Crippen molar-refractivity contribution in [1.82, 2.24) is 24.8 Å². The van der Waals surface area contributed by atoms with E-state index in [1.165, 1.54) is 18.0 Å². The SMILES string of the molecule is CC(C)(C)c1ccc(-c2ncc(C(=O)NC(Cn3ccnc3)C(=O)c3ccccc3)cn2)cc1. The highest BCUT2D eigenvalue weighted by atomic mass is 16.2. The normalized spacial score (nSPS) is 12.2. The zero-order valence-corrected chi connectivity index (χ0v) is 19.5. The summed E-state index contributed by atoms with van der Waals surface area (Å²) in [6, 6.07) is 16.2. The molecule has 172 valence electrons. The molecule has 0 aliphatic rings. The molecule has 0 radical (unpaired) electrons. The van der Waals surface area contributed by atoms with Gasteiger partial charge in [-0.25, -0.2) is 15.0 Å². The number of carbonyl (C=O) groups is 2. The summed E-state index contributed by atoms with van der Waals surface area (Å²) in [6.45, 7) is 6.75. The lowest BCUT2D eigenvalue weighted by Gasteiger charge is -2.19. The van der Waals surface area contributed by atoms with Crippen molar-refractivity contribution >= 4 is 11.7 Å². The highest BCUT2D eigenvalue weighted by Crippen LogP contribution is 2.24. The first-order chi connectivity index (χ1) is 16.3. The first-order valence-electron chi connectivity index (χ1n) is 11.1. The number of imidazole rings is 1. The van der Waals surface area contributed by atoms with E-state index in [2.05, 4.69) is 53.2 Å². The number of hydrogen-bond acceptors (Lipinski definition) is 5. The molecule has 4 rings (SSSR count). The largest absolute Gasteiger partial charge is 0.340 e. The summed E-state index contributed by atoms with van der Waals surface area (Å²) in [7, 11) is 0. The summed E-state index contributed by atoms with van der Waals surface area (Å²) in [5.74, 6) is -0.0597. The van der Waals surface area contributed by atoms with Gasteiger partial charge >= 0.3 is 0 Å². The van der Waals surface area contributed by atoms with Crippen molar-refractivity contribution in [2.45, 2.75) is 38.8 Å². The molecule has 0 saturated carbocycles. The fraction of sp³-hybridized carbons (Fsp3) is 0.222. The molecule has 0 bridgehead atoms. The van der Waals surface area contributed by atoms with Crippen LogP contribution in [0.2, 0.25) is 0 Å². The molecule has 0 spiro atoms. The molecule has 7 nitrogen and oxygen atoms in total. The number of amides is 1. The number of hydrogen-bond donors (Lipinski definition) is 1. The molecular weight excluding hydrogens is 426 g/mol. The molecule has 34 heavy (non-hydrogen) atoms. The lowest BCUT2D eigenvalue weighted by molar-refractivity contribution is 0.0847. The first kappa shape index (κ1) is 23.0. The lowest BCUT2D eigenvalue weighted by Crippen LogP contribution is -2.43. The number of nitrogens with zero attached hydrogens (tertiary/aromatic N) is 4. The molecular formula is C27H27N5O2. The number of Topliss-reactive ketones (excluding diaryl/α,β-unsaturated/α-hetero) is 1. The van der Waals surface area contributed by atoms with Crippen LogP contribution in [0.3, 0.4) is 0 Å². The predicted molar refractivity (Wildman–Crippen MR) is 130 cm³/mol. The Morgan fingerprint density at radius 2 is 1.62 bits per heavy atom. The summed E-state index contributed by atoms with van der Waals surface area (Å²) < 4.78 is 1.76. The predicted octanol–water partition coefficient (Wildman–Crippen LogP) is 4.32.